The van der Waals surface area contributed by atoms with Crippen molar-refractivity contribution in [2.24, 2.45) is 0 Å². The summed E-state index contributed by atoms with van der Waals surface area (Å²) in [4.78, 5) is 37.5. The van der Waals surface area contributed by atoms with Crippen LogP contribution in [0.2, 0.25) is 0 Å². The van der Waals surface area contributed by atoms with Gasteiger partial charge in [-0.2, -0.15) is 0 Å². The average molecular weight is 438 g/mol. The van der Waals surface area contributed by atoms with Crippen molar-refractivity contribution < 1.29 is 31.9 Å². The topological polar surface area (TPSA) is 66.5 Å². The van der Waals surface area contributed by atoms with E-state index in [-0.39, 0.29) is 24.1 Å². The Hall–Kier alpha value is -3.14. The fourth-order valence-corrected chi connectivity index (χ4v) is 3.49. The highest BCUT2D eigenvalue weighted by atomic mass is 32.2. The second-order valence-corrected chi connectivity index (χ2v) is 7.34. The molecule has 1 heterocycles. The summed E-state index contributed by atoms with van der Waals surface area (Å²) in [6, 6.07) is 7.52. The largest absolute Gasteiger partial charge is 0.350 e. The number of carbonyl (C=O) groups is 3. The van der Waals surface area contributed by atoms with Gasteiger partial charge in [0.2, 0.25) is 0 Å². The lowest BCUT2D eigenvalue weighted by atomic mass is 10.1. The van der Waals surface area contributed by atoms with Crippen LogP contribution < -0.4 is 5.32 Å². The maximum Gasteiger partial charge on any atom is 0.293 e. The molecule has 0 bridgehead atoms. The summed E-state index contributed by atoms with van der Waals surface area (Å²) < 4.78 is 53.1. The van der Waals surface area contributed by atoms with Crippen molar-refractivity contribution in [3.8, 4) is 0 Å². The van der Waals surface area contributed by atoms with Gasteiger partial charge in [-0.25, -0.2) is 17.6 Å². The third kappa shape index (κ3) is 4.38. The first-order valence-corrected chi connectivity index (χ1v) is 9.44. The molecule has 0 saturated carbocycles. The zero-order valence-electron chi connectivity index (χ0n) is 15.5. The van der Waals surface area contributed by atoms with Crippen LogP contribution in [-0.2, 0) is 4.79 Å². The number of nitrogens with zero attached hydrogens (tertiary/aromatic N) is 1. The van der Waals surface area contributed by atoms with Crippen molar-refractivity contribution in [1.29, 1.82) is 0 Å². The van der Waals surface area contributed by atoms with E-state index in [0.717, 1.165) is 27.8 Å². The van der Waals surface area contributed by atoms with Crippen molar-refractivity contribution >= 4 is 34.9 Å². The predicted octanol–water partition coefficient (Wildman–Crippen LogP) is 4.02. The van der Waals surface area contributed by atoms with Gasteiger partial charge in [-0.15, -0.1) is 0 Å². The van der Waals surface area contributed by atoms with Crippen LogP contribution in [0, 0.1) is 30.2 Å². The lowest BCUT2D eigenvalue weighted by Crippen LogP contribution is -2.37. The second-order valence-electron chi connectivity index (χ2n) is 6.35. The molecular formula is C20H14F4N2O3S. The molecule has 1 aliphatic rings. The van der Waals surface area contributed by atoms with Crippen molar-refractivity contribution in [2.45, 2.75) is 6.92 Å². The Kier molecular flexibility index (Phi) is 6.25. The number of carbonyl (C=O) groups excluding carboxylic acids is 3. The molecule has 0 unspecified atom stereocenters. The standard InChI is InChI=1S/C20H14F4N2O3S/c1-10-2-4-11(5-3-10)8-14-19(28)26(20(29)30-14)7-6-25-18(27)12-9-13(21)16(23)17(24)15(12)22/h2-5,8-9H,6-7H2,1H3,(H,25,27). The van der Waals surface area contributed by atoms with Crippen LogP contribution in [0.1, 0.15) is 21.5 Å². The average Bonchev–Trinajstić information content (AvgIpc) is 2.98. The van der Waals surface area contributed by atoms with Gasteiger partial charge in [-0.3, -0.25) is 19.3 Å². The Morgan fingerprint density at radius 3 is 2.40 bits per heavy atom. The number of rotatable bonds is 5. The third-order valence-corrected chi connectivity index (χ3v) is 5.12. The predicted molar refractivity (Wildman–Crippen MR) is 102 cm³/mol. The quantitative estimate of drug-likeness (QED) is 0.332. The number of halogens is 4. The Labute approximate surface area is 172 Å². The van der Waals surface area contributed by atoms with E-state index in [0.29, 0.717) is 0 Å². The molecule has 1 fully saturated rings. The van der Waals surface area contributed by atoms with Gasteiger partial charge >= 0.3 is 0 Å². The smallest absolute Gasteiger partial charge is 0.293 e. The van der Waals surface area contributed by atoms with Crippen LogP contribution in [0.25, 0.3) is 6.08 Å². The van der Waals surface area contributed by atoms with E-state index in [4.69, 9.17) is 0 Å². The number of nitrogens with one attached hydrogen (secondary N) is 1. The van der Waals surface area contributed by atoms with Crippen molar-refractivity contribution in [1.82, 2.24) is 10.2 Å². The SMILES string of the molecule is Cc1ccc(C=C2SC(=O)N(CCNC(=O)c3cc(F)c(F)c(F)c3F)C2=O)cc1. The lowest BCUT2D eigenvalue weighted by molar-refractivity contribution is -0.122. The van der Waals surface area contributed by atoms with E-state index in [9.17, 15) is 31.9 Å². The van der Waals surface area contributed by atoms with Gasteiger partial charge in [0.15, 0.2) is 23.3 Å². The summed E-state index contributed by atoms with van der Waals surface area (Å²) in [7, 11) is 0. The molecule has 0 aromatic heterocycles. The highest BCUT2D eigenvalue weighted by Gasteiger charge is 2.34. The van der Waals surface area contributed by atoms with E-state index in [1.807, 2.05) is 19.1 Å². The Morgan fingerprint density at radius 1 is 1.07 bits per heavy atom. The molecule has 0 radical (unpaired) electrons. The minimum atomic E-state index is -2.10. The van der Waals surface area contributed by atoms with Crippen LogP contribution in [-0.4, -0.2) is 35.0 Å². The molecule has 0 spiro atoms. The minimum Gasteiger partial charge on any atom is -0.350 e. The maximum atomic E-state index is 13.7. The monoisotopic (exact) mass is 438 g/mol. The van der Waals surface area contributed by atoms with Gasteiger partial charge in [0.25, 0.3) is 17.1 Å². The first-order chi connectivity index (χ1) is 14.2. The Morgan fingerprint density at radius 2 is 1.73 bits per heavy atom. The van der Waals surface area contributed by atoms with Crippen molar-refractivity contribution in [3.63, 3.8) is 0 Å². The minimum absolute atomic E-state index is 0.198. The normalized spacial score (nSPS) is 15.2. The third-order valence-electron chi connectivity index (χ3n) is 4.22. The van der Waals surface area contributed by atoms with E-state index in [1.54, 1.807) is 18.2 Å². The summed E-state index contributed by atoms with van der Waals surface area (Å²) in [6.07, 6.45) is 1.56. The summed E-state index contributed by atoms with van der Waals surface area (Å²) in [5.41, 5.74) is 0.739. The zero-order chi connectivity index (χ0) is 22.0. The molecule has 5 nitrogen and oxygen atoms in total. The maximum absolute atomic E-state index is 13.7. The van der Waals surface area contributed by atoms with Crippen LogP contribution in [0.5, 0.6) is 0 Å². The van der Waals surface area contributed by atoms with E-state index >= 15 is 0 Å². The number of aryl methyl sites for hydroxylation is 1. The number of amides is 3. The van der Waals surface area contributed by atoms with Crippen LogP contribution in [0.15, 0.2) is 35.2 Å². The van der Waals surface area contributed by atoms with Crippen LogP contribution in [0.4, 0.5) is 22.4 Å². The number of hydrogen-bond donors (Lipinski definition) is 1. The highest BCUT2D eigenvalue weighted by Crippen LogP contribution is 2.32. The molecular weight excluding hydrogens is 424 g/mol. The molecule has 2 aromatic carbocycles. The van der Waals surface area contributed by atoms with E-state index in [1.165, 1.54) is 0 Å². The second kappa shape index (κ2) is 8.70. The molecule has 0 atom stereocenters. The molecule has 0 aliphatic carbocycles. The number of hydrogen-bond acceptors (Lipinski definition) is 4. The summed E-state index contributed by atoms with van der Waals surface area (Å²) in [6.45, 7) is 1.37. The molecule has 3 amide bonds. The van der Waals surface area contributed by atoms with Gasteiger partial charge in [-0.1, -0.05) is 29.8 Å². The number of thioether (sulfide) groups is 1. The summed E-state index contributed by atoms with van der Waals surface area (Å²) in [5.74, 6) is -9.46. The first kappa shape index (κ1) is 21.6. The Bertz CT molecular complexity index is 1070. The van der Waals surface area contributed by atoms with Crippen molar-refractivity contribution in [3.05, 3.63) is 75.2 Å². The van der Waals surface area contributed by atoms with Crippen molar-refractivity contribution in [2.75, 3.05) is 13.1 Å². The van der Waals surface area contributed by atoms with Gasteiger partial charge in [0.05, 0.1) is 10.5 Å². The van der Waals surface area contributed by atoms with E-state index in [2.05, 4.69) is 5.32 Å². The van der Waals surface area contributed by atoms with Gasteiger partial charge in [0, 0.05) is 13.1 Å². The molecule has 3 rings (SSSR count). The molecule has 10 heteroatoms. The fraction of sp³-hybridized carbons (Fsp3) is 0.150. The molecule has 30 heavy (non-hydrogen) atoms. The Balaban J connectivity index is 1.64. The van der Waals surface area contributed by atoms with Gasteiger partial charge in [-0.05, 0) is 36.4 Å². The van der Waals surface area contributed by atoms with Gasteiger partial charge in [0.1, 0.15) is 0 Å². The number of benzene rings is 2. The number of imide groups is 1. The fourth-order valence-electron chi connectivity index (χ4n) is 2.62. The lowest BCUT2D eigenvalue weighted by Gasteiger charge is -2.13. The van der Waals surface area contributed by atoms with Crippen LogP contribution in [0.3, 0.4) is 0 Å². The summed E-state index contributed by atoms with van der Waals surface area (Å²) >= 11 is 0.729. The molecule has 1 N–H and O–H groups in total. The molecule has 156 valence electrons. The molecule has 1 aliphatic heterocycles. The highest BCUT2D eigenvalue weighted by molar-refractivity contribution is 8.18. The van der Waals surface area contributed by atoms with Crippen LogP contribution >= 0.6 is 11.8 Å². The zero-order valence-corrected chi connectivity index (χ0v) is 16.3. The summed E-state index contributed by atoms with van der Waals surface area (Å²) in [5, 5.41) is 1.59. The molecule has 2 aromatic rings. The van der Waals surface area contributed by atoms with E-state index < -0.39 is 45.9 Å². The molecule has 1 saturated heterocycles. The van der Waals surface area contributed by atoms with Gasteiger partial charge < -0.3 is 5.32 Å². The first-order valence-electron chi connectivity index (χ1n) is 8.62.